The average Bonchev–Trinajstić information content (AvgIpc) is 3.13. The summed E-state index contributed by atoms with van der Waals surface area (Å²) >= 11 is 0. The summed E-state index contributed by atoms with van der Waals surface area (Å²) in [6.07, 6.45) is 5.19. The summed E-state index contributed by atoms with van der Waals surface area (Å²) in [5, 5.41) is 8.95. The molecule has 6 rings (SSSR count). The molecule has 240 valence electrons. The Morgan fingerprint density at radius 2 is 1.50 bits per heavy atom. The van der Waals surface area contributed by atoms with Gasteiger partial charge in [-0.25, -0.2) is 4.98 Å². The third kappa shape index (κ3) is 8.35. The highest BCUT2D eigenvalue weighted by molar-refractivity contribution is 5.92. The molecule has 0 saturated carbocycles. The van der Waals surface area contributed by atoms with Gasteiger partial charge >= 0.3 is 0 Å². The Kier molecular flexibility index (Phi) is 10.2. The Morgan fingerprint density at radius 1 is 0.833 bits per heavy atom. The minimum absolute atomic E-state index is 0.0307. The smallest absolute Gasteiger partial charge is 0.246 e. The molecule has 0 N–H and O–H groups in total. The third-order valence-corrected chi connectivity index (χ3v) is 8.46. The van der Waals surface area contributed by atoms with E-state index >= 15 is 0 Å². The molecule has 48 heavy (non-hydrogen) atoms. The molecule has 0 unspecified atom stereocenters. The highest BCUT2D eigenvalue weighted by Crippen LogP contribution is 2.30. The zero-order valence-corrected chi connectivity index (χ0v) is 27.3. The summed E-state index contributed by atoms with van der Waals surface area (Å²) < 4.78 is 12.0. The van der Waals surface area contributed by atoms with Gasteiger partial charge in [0.1, 0.15) is 18.1 Å². The first-order valence-electron chi connectivity index (χ1n) is 16.1. The van der Waals surface area contributed by atoms with E-state index in [1.54, 1.807) is 30.5 Å². The second-order valence-electron chi connectivity index (χ2n) is 12.0. The first kappa shape index (κ1) is 32.2. The van der Waals surface area contributed by atoms with Crippen molar-refractivity contribution in [3.05, 3.63) is 149 Å². The van der Waals surface area contributed by atoms with Crippen molar-refractivity contribution >= 4 is 12.0 Å². The number of ether oxygens (including phenoxy) is 2. The van der Waals surface area contributed by atoms with E-state index in [-0.39, 0.29) is 5.91 Å². The molecule has 5 aromatic rings. The van der Waals surface area contributed by atoms with E-state index in [4.69, 9.17) is 14.7 Å². The molecule has 7 nitrogen and oxygen atoms in total. The second-order valence-corrected chi connectivity index (χ2v) is 12.0. The minimum atomic E-state index is 0.0307. The van der Waals surface area contributed by atoms with Crippen LogP contribution < -0.4 is 9.47 Å². The standard InChI is InChI=1S/C41H38N4O3/c1-30-24-35(25-31(2)41(30)48-39-18-17-38(27-43-39)47-29-34-10-8-32(26-42)9-11-34)14-19-40(46)45-22-20-44(21-23-45)28-33-12-15-37(16-13-33)36-6-4-3-5-7-36/h3-19,24-25,27H,20-23,28-29H2,1-2H3. The number of carbonyl (C=O) groups excluding carboxylic acids is 1. The van der Waals surface area contributed by atoms with Gasteiger partial charge in [0.15, 0.2) is 0 Å². The molecule has 1 aliphatic heterocycles. The lowest BCUT2D eigenvalue weighted by Gasteiger charge is -2.34. The number of aromatic nitrogens is 1. The molecular weight excluding hydrogens is 596 g/mol. The molecule has 1 aromatic heterocycles. The molecule has 1 aliphatic rings. The van der Waals surface area contributed by atoms with Crippen LogP contribution in [0.3, 0.4) is 0 Å². The number of hydrogen-bond acceptors (Lipinski definition) is 6. The van der Waals surface area contributed by atoms with Gasteiger partial charge in [-0.3, -0.25) is 9.69 Å². The fourth-order valence-electron chi connectivity index (χ4n) is 5.79. The number of hydrogen-bond donors (Lipinski definition) is 0. The van der Waals surface area contributed by atoms with Crippen molar-refractivity contribution in [2.45, 2.75) is 27.0 Å². The van der Waals surface area contributed by atoms with Gasteiger partial charge in [0.05, 0.1) is 17.8 Å². The number of nitrogens with zero attached hydrogens (tertiary/aromatic N) is 4. The molecule has 1 saturated heterocycles. The van der Waals surface area contributed by atoms with Gasteiger partial charge in [0, 0.05) is 44.9 Å². The van der Waals surface area contributed by atoms with E-state index in [0.29, 0.717) is 36.9 Å². The summed E-state index contributed by atoms with van der Waals surface area (Å²) in [7, 11) is 0. The summed E-state index contributed by atoms with van der Waals surface area (Å²) in [5.74, 6) is 1.86. The van der Waals surface area contributed by atoms with Gasteiger partial charge < -0.3 is 14.4 Å². The molecule has 1 amide bonds. The van der Waals surface area contributed by atoms with Crippen LogP contribution in [0.15, 0.2) is 115 Å². The number of amides is 1. The van der Waals surface area contributed by atoms with Crippen molar-refractivity contribution in [1.29, 1.82) is 5.26 Å². The van der Waals surface area contributed by atoms with E-state index in [1.807, 2.05) is 61.2 Å². The van der Waals surface area contributed by atoms with E-state index in [0.717, 1.165) is 47.6 Å². The lowest BCUT2D eigenvalue weighted by molar-refractivity contribution is -0.127. The lowest BCUT2D eigenvalue weighted by Crippen LogP contribution is -2.47. The van der Waals surface area contributed by atoms with Crippen molar-refractivity contribution in [3.63, 3.8) is 0 Å². The average molecular weight is 635 g/mol. The van der Waals surface area contributed by atoms with Crippen molar-refractivity contribution in [1.82, 2.24) is 14.8 Å². The van der Waals surface area contributed by atoms with Crippen LogP contribution in [0, 0.1) is 25.2 Å². The summed E-state index contributed by atoms with van der Waals surface area (Å²) in [6, 6.07) is 36.2. The molecular formula is C41H38N4O3. The van der Waals surface area contributed by atoms with Crippen LogP contribution in [0.4, 0.5) is 0 Å². The van der Waals surface area contributed by atoms with E-state index in [1.165, 1.54) is 16.7 Å². The number of aryl methyl sites for hydroxylation is 2. The largest absolute Gasteiger partial charge is 0.487 e. The van der Waals surface area contributed by atoms with Gasteiger partial charge in [0.25, 0.3) is 0 Å². The number of piperazine rings is 1. The monoisotopic (exact) mass is 634 g/mol. The third-order valence-electron chi connectivity index (χ3n) is 8.46. The van der Waals surface area contributed by atoms with Crippen LogP contribution in [0.2, 0.25) is 0 Å². The molecule has 4 aromatic carbocycles. The van der Waals surface area contributed by atoms with Crippen LogP contribution in [0.25, 0.3) is 17.2 Å². The highest BCUT2D eigenvalue weighted by Gasteiger charge is 2.20. The predicted octanol–water partition coefficient (Wildman–Crippen LogP) is 7.97. The number of nitriles is 1. The molecule has 0 bridgehead atoms. The van der Waals surface area contributed by atoms with Crippen LogP contribution in [0.5, 0.6) is 17.4 Å². The normalized spacial score (nSPS) is 13.3. The van der Waals surface area contributed by atoms with Crippen LogP contribution in [0.1, 0.15) is 33.4 Å². The van der Waals surface area contributed by atoms with Crippen molar-refractivity contribution in [3.8, 4) is 34.6 Å². The minimum Gasteiger partial charge on any atom is -0.487 e. The number of pyridine rings is 1. The topological polar surface area (TPSA) is 78.7 Å². The van der Waals surface area contributed by atoms with Crippen LogP contribution in [-0.4, -0.2) is 46.9 Å². The van der Waals surface area contributed by atoms with E-state index in [9.17, 15) is 4.79 Å². The lowest BCUT2D eigenvalue weighted by atomic mass is 10.0. The maximum absolute atomic E-state index is 13.0. The SMILES string of the molecule is Cc1cc(C=CC(=O)N2CCN(Cc3ccc(-c4ccccc4)cc3)CC2)cc(C)c1Oc1ccc(OCc2ccc(C#N)cc2)cn1. The van der Waals surface area contributed by atoms with Gasteiger partial charge in [-0.15, -0.1) is 0 Å². The molecule has 2 heterocycles. The summed E-state index contributed by atoms with van der Waals surface area (Å²) in [5.41, 5.74) is 8.17. The molecule has 1 fully saturated rings. The maximum atomic E-state index is 13.0. The molecule has 7 heteroatoms. The van der Waals surface area contributed by atoms with Gasteiger partial charge in [-0.1, -0.05) is 66.7 Å². The van der Waals surface area contributed by atoms with Gasteiger partial charge in [0.2, 0.25) is 11.8 Å². The molecule has 0 spiro atoms. The zero-order chi connectivity index (χ0) is 33.3. The predicted molar refractivity (Wildman–Crippen MR) is 188 cm³/mol. The Bertz CT molecular complexity index is 1880. The van der Waals surface area contributed by atoms with Crippen molar-refractivity contribution in [2.24, 2.45) is 0 Å². The zero-order valence-electron chi connectivity index (χ0n) is 27.3. The maximum Gasteiger partial charge on any atom is 0.246 e. The van der Waals surface area contributed by atoms with Gasteiger partial charge in [-0.2, -0.15) is 5.26 Å². The first-order valence-corrected chi connectivity index (χ1v) is 16.1. The first-order chi connectivity index (χ1) is 23.4. The van der Waals surface area contributed by atoms with Crippen molar-refractivity contribution < 1.29 is 14.3 Å². The number of carbonyl (C=O) groups is 1. The fraction of sp³-hybridized carbons (Fsp3) is 0.195. The molecule has 0 radical (unpaired) electrons. The van der Waals surface area contributed by atoms with Crippen molar-refractivity contribution in [2.75, 3.05) is 26.2 Å². The fourth-order valence-corrected chi connectivity index (χ4v) is 5.79. The molecule has 0 aliphatic carbocycles. The van der Waals surface area contributed by atoms with Crippen LogP contribution >= 0.6 is 0 Å². The highest BCUT2D eigenvalue weighted by atomic mass is 16.5. The van der Waals surface area contributed by atoms with Gasteiger partial charge in [-0.05, 0) is 89.2 Å². The quantitative estimate of drug-likeness (QED) is 0.145. The van der Waals surface area contributed by atoms with E-state index < -0.39 is 0 Å². The second kappa shape index (κ2) is 15.3. The van der Waals surface area contributed by atoms with Crippen LogP contribution in [-0.2, 0) is 17.9 Å². The summed E-state index contributed by atoms with van der Waals surface area (Å²) in [4.78, 5) is 21.8. The molecule has 0 atom stereocenters. The number of benzene rings is 4. The number of rotatable bonds is 10. The van der Waals surface area contributed by atoms with E-state index in [2.05, 4.69) is 64.5 Å². The Balaban J connectivity index is 0.975. The Hall–Kier alpha value is -5.71. The summed E-state index contributed by atoms with van der Waals surface area (Å²) in [6.45, 7) is 8.36. The Labute approximate surface area is 282 Å². The Morgan fingerprint density at radius 3 is 2.15 bits per heavy atom.